The van der Waals surface area contributed by atoms with E-state index in [1.807, 2.05) is 55.5 Å². The Hall–Kier alpha value is -3.08. The largest absolute Gasteiger partial charge is 0.497 e. The molecule has 0 fully saturated rings. The van der Waals surface area contributed by atoms with Crippen molar-refractivity contribution in [3.8, 4) is 5.75 Å². The van der Waals surface area contributed by atoms with Crippen molar-refractivity contribution in [2.75, 3.05) is 18.6 Å². The highest BCUT2D eigenvalue weighted by Gasteiger charge is 2.42. The zero-order chi connectivity index (χ0) is 18.3. The number of ether oxygens (including phenoxy) is 2. The van der Waals surface area contributed by atoms with E-state index in [0.717, 1.165) is 16.8 Å². The number of amides is 1. The molecule has 132 valence electrons. The average molecular weight is 349 g/mol. The molecule has 0 radical (unpaired) electrons. The summed E-state index contributed by atoms with van der Waals surface area (Å²) in [5.41, 5.74) is 3.96. The molecule has 5 heteroatoms. The van der Waals surface area contributed by atoms with Crippen LogP contribution in [0.25, 0.3) is 0 Å². The van der Waals surface area contributed by atoms with E-state index >= 15 is 0 Å². The van der Waals surface area contributed by atoms with Gasteiger partial charge in [-0.1, -0.05) is 29.8 Å². The first kappa shape index (κ1) is 16.4. The number of hydrogen-bond acceptors (Lipinski definition) is 4. The number of aryl methyl sites for hydroxylation is 1. The number of carbonyl (C=O) groups excluding carboxylic acids is 2. The van der Waals surface area contributed by atoms with Crippen LogP contribution in [0.4, 0.5) is 5.69 Å². The van der Waals surface area contributed by atoms with Crippen LogP contribution in [0.15, 0.2) is 59.8 Å². The lowest BCUT2D eigenvalue weighted by Crippen LogP contribution is -2.37. The Labute approximate surface area is 151 Å². The summed E-state index contributed by atoms with van der Waals surface area (Å²) in [7, 11) is 1.60. The maximum absolute atomic E-state index is 13.0. The van der Waals surface area contributed by atoms with Crippen LogP contribution in [0.5, 0.6) is 5.75 Å². The van der Waals surface area contributed by atoms with Gasteiger partial charge in [0, 0.05) is 18.0 Å². The summed E-state index contributed by atoms with van der Waals surface area (Å²) < 4.78 is 10.6. The molecule has 26 heavy (non-hydrogen) atoms. The van der Waals surface area contributed by atoms with Gasteiger partial charge in [-0.25, -0.2) is 4.79 Å². The number of nitrogens with zero attached hydrogens (tertiary/aromatic N) is 1. The van der Waals surface area contributed by atoms with E-state index in [1.165, 1.54) is 0 Å². The minimum atomic E-state index is -0.350. The minimum absolute atomic E-state index is 0.0428. The lowest BCUT2D eigenvalue weighted by Gasteiger charge is -2.32. The second-order valence-electron chi connectivity index (χ2n) is 6.53. The van der Waals surface area contributed by atoms with E-state index in [0.29, 0.717) is 17.0 Å². The molecule has 2 aliphatic heterocycles. The molecule has 0 N–H and O–H groups in total. The second kappa shape index (κ2) is 6.33. The summed E-state index contributed by atoms with van der Waals surface area (Å²) in [4.78, 5) is 27.0. The Kier molecular flexibility index (Phi) is 3.99. The maximum Gasteiger partial charge on any atom is 0.336 e. The van der Waals surface area contributed by atoms with Gasteiger partial charge in [-0.2, -0.15) is 0 Å². The van der Waals surface area contributed by atoms with Crippen molar-refractivity contribution in [1.82, 2.24) is 0 Å². The number of carbonyl (C=O) groups is 2. The minimum Gasteiger partial charge on any atom is -0.497 e. The fraction of sp³-hybridized carbons (Fsp3) is 0.238. The summed E-state index contributed by atoms with van der Waals surface area (Å²) >= 11 is 0. The zero-order valence-electron chi connectivity index (χ0n) is 14.7. The van der Waals surface area contributed by atoms with Gasteiger partial charge in [-0.3, -0.25) is 9.69 Å². The van der Waals surface area contributed by atoms with E-state index in [1.54, 1.807) is 12.0 Å². The highest BCUT2D eigenvalue weighted by Crippen LogP contribution is 2.42. The van der Waals surface area contributed by atoms with Crippen LogP contribution in [0, 0.1) is 6.92 Å². The molecule has 0 saturated heterocycles. The third-order valence-electron chi connectivity index (χ3n) is 4.91. The summed E-state index contributed by atoms with van der Waals surface area (Å²) in [5.74, 6) is -0.00937. The average Bonchev–Trinajstić information content (AvgIpc) is 3.04. The molecule has 2 aromatic carbocycles. The van der Waals surface area contributed by atoms with Crippen molar-refractivity contribution in [3.63, 3.8) is 0 Å². The van der Waals surface area contributed by atoms with Crippen molar-refractivity contribution >= 4 is 17.6 Å². The van der Waals surface area contributed by atoms with E-state index in [4.69, 9.17) is 9.47 Å². The fourth-order valence-electron chi connectivity index (χ4n) is 3.59. The Morgan fingerprint density at radius 2 is 1.88 bits per heavy atom. The predicted octanol–water partition coefficient (Wildman–Crippen LogP) is 3.34. The fourth-order valence-corrected chi connectivity index (χ4v) is 3.59. The van der Waals surface area contributed by atoms with Gasteiger partial charge in [0.2, 0.25) is 5.91 Å². The smallest absolute Gasteiger partial charge is 0.336 e. The molecule has 0 aromatic heterocycles. The van der Waals surface area contributed by atoms with Gasteiger partial charge in [-0.15, -0.1) is 0 Å². The van der Waals surface area contributed by atoms with Crippen LogP contribution in [0.2, 0.25) is 0 Å². The van der Waals surface area contributed by atoms with E-state index in [2.05, 4.69) is 0 Å². The molecule has 0 spiro atoms. The van der Waals surface area contributed by atoms with Crippen molar-refractivity contribution in [1.29, 1.82) is 0 Å². The molecule has 0 bridgehead atoms. The van der Waals surface area contributed by atoms with Crippen LogP contribution in [-0.4, -0.2) is 25.6 Å². The van der Waals surface area contributed by atoms with Crippen molar-refractivity contribution in [2.45, 2.75) is 19.3 Å². The predicted molar refractivity (Wildman–Crippen MR) is 97.0 cm³/mol. The van der Waals surface area contributed by atoms with Crippen molar-refractivity contribution in [3.05, 3.63) is 70.9 Å². The number of rotatable bonds is 3. The molecule has 2 heterocycles. The van der Waals surface area contributed by atoms with Gasteiger partial charge in [-0.05, 0) is 36.8 Å². The quantitative estimate of drug-likeness (QED) is 0.798. The molecule has 4 rings (SSSR count). The third kappa shape index (κ3) is 2.65. The molecular formula is C21H19NO4. The highest BCUT2D eigenvalue weighted by atomic mass is 16.5. The Morgan fingerprint density at radius 3 is 2.62 bits per heavy atom. The number of esters is 1. The van der Waals surface area contributed by atoms with Crippen LogP contribution in [0.3, 0.4) is 0 Å². The van der Waals surface area contributed by atoms with Crippen LogP contribution < -0.4 is 9.64 Å². The number of benzene rings is 2. The van der Waals surface area contributed by atoms with Gasteiger partial charge >= 0.3 is 5.97 Å². The second-order valence-corrected chi connectivity index (χ2v) is 6.53. The topological polar surface area (TPSA) is 55.8 Å². The lowest BCUT2D eigenvalue weighted by molar-refractivity contribution is -0.136. The normalized spacial score (nSPS) is 19.5. The Bertz CT molecular complexity index is 914. The summed E-state index contributed by atoms with van der Waals surface area (Å²) in [5, 5.41) is 0. The lowest BCUT2D eigenvalue weighted by atomic mass is 9.84. The molecular weight excluding hydrogens is 330 g/mol. The molecule has 1 amide bonds. The first-order valence-electron chi connectivity index (χ1n) is 8.52. The highest BCUT2D eigenvalue weighted by molar-refractivity contribution is 6.06. The van der Waals surface area contributed by atoms with Gasteiger partial charge in [0.1, 0.15) is 12.4 Å². The molecule has 0 aliphatic carbocycles. The van der Waals surface area contributed by atoms with Crippen LogP contribution in [0.1, 0.15) is 23.5 Å². The standard InChI is InChI=1S/C21H19NO4/c1-13-6-8-15(9-7-13)22-18-12-26-21(24)20(18)17(11-19(22)23)14-4-3-5-16(10-14)25-2/h3-10,17H,11-12H2,1-2H3. The van der Waals surface area contributed by atoms with Crippen molar-refractivity contribution < 1.29 is 19.1 Å². The number of methoxy groups -OCH3 is 1. The van der Waals surface area contributed by atoms with Crippen LogP contribution in [-0.2, 0) is 14.3 Å². The SMILES string of the molecule is COc1cccc(C2CC(=O)N(c3ccc(C)cc3)C3=C2C(=O)OC3)c1. The molecule has 2 aromatic rings. The summed E-state index contributed by atoms with van der Waals surface area (Å²) in [6, 6.07) is 15.2. The Morgan fingerprint density at radius 1 is 1.12 bits per heavy atom. The van der Waals surface area contributed by atoms with Gasteiger partial charge in [0.25, 0.3) is 0 Å². The summed E-state index contributed by atoms with van der Waals surface area (Å²) in [6.07, 6.45) is 0.217. The number of anilines is 1. The van der Waals surface area contributed by atoms with E-state index in [9.17, 15) is 9.59 Å². The molecule has 5 nitrogen and oxygen atoms in total. The molecule has 1 unspecified atom stereocenters. The molecule has 2 aliphatic rings. The van der Waals surface area contributed by atoms with Gasteiger partial charge in [0.15, 0.2) is 0 Å². The number of hydrogen-bond donors (Lipinski definition) is 0. The van der Waals surface area contributed by atoms with Crippen molar-refractivity contribution in [2.24, 2.45) is 0 Å². The molecule has 0 saturated carbocycles. The van der Waals surface area contributed by atoms with Gasteiger partial charge in [0.05, 0.1) is 18.4 Å². The molecule has 1 atom stereocenters. The zero-order valence-corrected chi connectivity index (χ0v) is 14.7. The van der Waals surface area contributed by atoms with E-state index < -0.39 is 0 Å². The Balaban J connectivity index is 1.81. The number of cyclic esters (lactones) is 1. The first-order chi connectivity index (χ1) is 12.6. The maximum atomic E-state index is 13.0. The third-order valence-corrected chi connectivity index (χ3v) is 4.91. The van der Waals surface area contributed by atoms with E-state index in [-0.39, 0.29) is 30.8 Å². The van der Waals surface area contributed by atoms with Gasteiger partial charge < -0.3 is 9.47 Å². The summed E-state index contributed by atoms with van der Waals surface area (Å²) in [6.45, 7) is 2.11. The van der Waals surface area contributed by atoms with Crippen LogP contribution >= 0.6 is 0 Å². The monoisotopic (exact) mass is 349 g/mol. The first-order valence-corrected chi connectivity index (χ1v) is 8.52.